The van der Waals surface area contributed by atoms with Gasteiger partial charge in [0.25, 0.3) is 0 Å². The van der Waals surface area contributed by atoms with Crippen LogP contribution in [0.25, 0.3) is 0 Å². The van der Waals surface area contributed by atoms with E-state index < -0.39 is 0 Å². The Kier molecular flexibility index (Phi) is 6.71. The van der Waals surface area contributed by atoms with Gasteiger partial charge in [-0.3, -0.25) is 0 Å². The fourth-order valence-corrected chi connectivity index (χ4v) is 3.17. The number of likely N-dealkylation sites (N-methyl/N-ethyl adjacent to an activating group) is 1. The van der Waals surface area contributed by atoms with E-state index in [0.717, 1.165) is 25.7 Å². The Balaban J connectivity index is 1.76. The van der Waals surface area contributed by atoms with Crippen LogP contribution in [-0.2, 0) is 18.9 Å². The molecule has 118 valence electrons. The van der Waals surface area contributed by atoms with Crippen LogP contribution >= 0.6 is 0 Å². The number of hydrogen-bond acceptors (Lipinski definition) is 5. The second-order valence-corrected chi connectivity index (χ2v) is 5.78. The summed E-state index contributed by atoms with van der Waals surface area (Å²) in [6, 6.07) is 0.402. The third-order valence-electron chi connectivity index (χ3n) is 4.50. The van der Waals surface area contributed by atoms with E-state index in [9.17, 15) is 0 Å². The Hall–Kier alpha value is -0.200. The largest absolute Gasteiger partial charge is 0.382 e. The minimum absolute atomic E-state index is 0.151. The van der Waals surface area contributed by atoms with Crippen molar-refractivity contribution in [1.82, 2.24) is 5.32 Å². The van der Waals surface area contributed by atoms with Gasteiger partial charge in [0, 0.05) is 20.3 Å². The Morgan fingerprint density at radius 2 is 1.85 bits per heavy atom. The zero-order valence-electron chi connectivity index (χ0n) is 13.0. The highest BCUT2D eigenvalue weighted by Crippen LogP contribution is 2.32. The van der Waals surface area contributed by atoms with E-state index in [2.05, 4.69) is 5.32 Å². The molecule has 2 aliphatic rings. The van der Waals surface area contributed by atoms with Gasteiger partial charge in [0.15, 0.2) is 0 Å². The van der Waals surface area contributed by atoms with Gasteiger partial charge in [-0.05, 0) is 39.2 Å². The van der Waals surface area contributed by atoms with Crippen molar-refractivity contribution in [3.63, 3.8) is 0 Å². The van der Waals surface area contributed by atoms with Gasteiger partial charge in [-0.25, -0.2) is 0 Å². The fraction of sp³-hybridized carbons (Fsp3) is 1.00. The molecule has 2 rings (SSSR count). The molecule has 0 aliphatic heterocycles. The highest BCUT2D eigenvalue weighted by Gasteiger charge is 2.43. The molecule has 0 saturated heterocycles. The summed E-state index contributed by atoms with van der Waals surface area (Å²) >= 11 is 0. The maximum Gasteiger partial charge on any atom is 0.0991 e. The third kappa shape index (κ3) is 4.15. The normalized spacial score (nSPS) is 37.6. The summed E-state index contributed by atoms with van der Waals surface area (Å²) in [6.45, 7) is 1.26. The van der Waals surface area contributed by atoms with Crippen LogP contribution in [0.4, 0.5) is 0 Å². The molecule has 5 atom stereocenters. The molecule has 0 amide bonds. The minimum Gasteiger partial charge on any atom is -0.382 e. The second-order valence-electron chi connectivity index (χ2n) is 5.78. The number of hydrogen-bond donors (Lipinski definition) is 1. The van der Waals surface area contributed by atoms with E-state index in [-0.39, 0.29) is 12.2 Å². The molecular weight excluding hydrogens is 258 g/mol. The number of methoxy groups -OCH3 is 2. The standard InChI is InChI=1S/C15H29NO4/c1-16-13-10-14(15(13)19-8-7-17-2)20-12-6-4-5-11(9-12)18-3/h11-16H,4-10H2,1-3H3. The lowest BCUT2D eigenvalue weighted by Gasteiger charge is -2.46. The predicted molar refractivity (Wildman–Crippen MR) is 77.0 cm³/mol. The van der Waals surface area contributed by atoms with Gasteiger partial charge in [-0.15, -0.1) is 0 Å². The SMILES string of the molecule is CNC1CC(OC2CCCC(OC)C2)C1OCCOC. The van der Waals surface area contributed by atoms with Crippen LogP contribution in [0.2, 0.25) is 0 Å². The first kappa shape index (κ1) is 16.2. The molecule has 5 nitrogen and oxygen atoms in total. The maximum absolute atomic E-state index is 6.25. The zero-order chi connectivity index (χ0) is 14.4. The van der Waals surface area contributed by atoms with Crippen LogP contribution < -0.4 is 5.32 Å². The van der Waals surface area contributed by atoms with Gasteiger partial charge in [-0.1, -0.05) is 0 Å². The first-order valence-electron chi connectivity index (χ1n) is 7.74. The fourth-order valence-electron chi connectivity index (χ4n) is 3.17. The number of ether oxygens (including phenoxy) is 4. The molecule has 5 unspecified atom stereocenters. The highest BCUT2D eigenvalue weighted by molar-refractivity contribution is 4.97. The molecule has 0 heterocycles. The monoisotopic (exact) mass is 287 g/mol. The van der Waals surface area contributed by atoms with Gasteiger partial charge in [0.2, 0.25) is 0 Å². The Morgan fingerprint density at radius 3 is 2.55 bits per heavy atom. The molecule has 1 N–H and O–H groups in total. The Labute approximate surface area is 122 Å². The lowest BCUT2D eigenvalue weighted by molar-refractivity contribution is -0.180. The Bertz CT molecular complexity index is 277. The topological polar surface area (TPSA) is 49.0 Å². The van der Waals surface area contributed by atoms with E-state index in [4.69, 9.17) is 18.9 Å². The van der Waals surface area contributed by atoms with Crippen LogP contribution in [0.15, 0.2) is 0 Å². The van der Waals surface area contributed by atoms with Crippen LogP contribution in [0.1, 0.15) is 32.1 Å². The maximum atomic E-state index is 6.25. The van der Waals surface area contributed by atoms with Crippen molar-refractivity contribution in [3.8, 4) is 0 Å². The molecule has 2 fully saturated rings. The molecule has 0 radical (unpaired) electrons. The molecule has 0 aromatic rings. The zero-order valence-corrected chi connectivity index (χ0v) is 13.0. The quantitative estimate of drug-likeness (QED) is 0.683. The highest BCUT2D eigenvalue weighted by atomic mass is 16.6. The number of nitrogens with one attached hydrogen (secondary N) is 1. The van der Waals surface area contributed by atoms with E-state index >= 15 is 0 Å². The summed E-state index contributed by atoms with van der Waals surface area (Å²) in [5.41, 5.74) is 0. The van der Waals surface area contributed by atoms with Gasteiger partial charge in [0.1, 0.15) is 0 Å². The summed E-state index contributed by atoms with van der Waals surface area (Å²) < 4.78 is 22.6. The van der Waals surface area contributed by atoms with Crippen LogP contribution in [0, 0.1) is 0 Å². The lowest BCUT2D eigenvalue weighted by Crippen LogP contribution is -2.60. The van der Waals surface area contributed by atoms with Crippen LogP contribution in [0.5, 0.6) is 0 Å². The third-order valence-corrected chi connectivity index (χ3v) is 4.50. The van der Waals surface area contributed by atoms with Crippen LogP contribution in [-0.4, -0.2) is 64.9 Å². The lowest BCUT2D eigenvalue weighted by atomic mass is 9.84. The van der Waals surface area contributed by atoms with Crippen molar-refractivity contribution in [3.05, 3.63) is 0 Å². The average Bonchev–Trinajstić information content (AvgIpc) is 2.47. The first-order chi connectivity index (χ1) is 9.78. The Morgan fingerprint density at radius 1 is 1.05 bits per heavy atom. The smallest absolute Gasteiger partial charge is 0.0991 e. The molecule has 0 spiro atoms. The predicted octanol–water partition coefficient (Wildman–Crippen LogP) is 1.35. The molecule has 2 aliphatic carbocycles. The molecule has 0 bridgehead atoms. The summed E-state index contributed by atoms with van der Waals surface area (Å²) in [7, 11) is 5.47. The van der Waals surface area contributed by atoms with E-state index in [1.807, 2.05) is 7.05 Å². The number of rotatable bonds is 8. The van der Waals surface area contributed by atoms with Crippen molar-refractivity contribution in [2.24, 2.45) is 0 Å². The van der Waals surface area contributed by atoms with Gasteiger partial charge in [0.05, 0.1) is 37.6 Å². The van der Waals surface area contributed by atoms with E-state index in [1.54, 1.807) is 14.2 Å². The van der Waals surface area contributed by atoms with Crippen LogP contribution in [0.3, 0.4) is 0 Å². The second kappa shape index (κ2) is 8.29. The van der Waals surface area contributed by atoms with E-state index in [1.165, 1.54) is 6.42 Å². The van der Waals surface area contributed by atoms with Gasteiger partial charge < -0.3 is 24.3 Å². The van der Waals surface area contributed by atoms with Crippen molar-refractivity contribution in [2.75, 3.05) is 34.5 Å². The van der Waals surface area contributed by atoms with E-state index in [0.29, 0.717) is 31.5 Å². The van der Waals surface area contributed by atoms with Crippen molar-refractivity contribution < 1.29 is 18.9 Å². The molecule has 5 heteroatoms. The molecule has 0 aromatic carbocycles. The molecule has 20 heavy (non-hydrogen) atoms. The van der Waals surface area contributed by atoms with Crippen molar-refractivity contribution in [2.45, 2.75) is 62.6 Å². The van der Waals surface area contributed by atoms with Crippen molar-refractivity contribution >= 4 is 0 Å². The summed E-state index contributed by atoms with van der Waals surface area (Å²) in [5.74, 6) is 0. The average molecular weight is 287 g/mol. The van der Waals surface area contributed by atoms with Crippen molar-refractivity contribution in [1.29, 1.82) is 0 Å². The van der Waals surface area contributed by atoms with Gasteiger partial charge >= 0.3 is 0 Å². The molecule has 2 saturated carbocycles. The first-order valence-corrected chi connectivity index (χ1v) is 7.74. The molecular formula is C15H29NO4. The summed E-state index contributed by atoms with van der Waals surface area (Å²) in [6.07, 6.45) is 6.60. The molecule has 0 aromatic heterocycles. The van der Waals surface area contributed by atoms with Gasteiger partial charge in [-0.2, -0.15) is 0 Å². The summed E-state index contributed by atoms with van der Waals surface area (Å²) in [4.78, 5) is 0. The minimum atomic E-state index is 0.151. The summed E-state index contributed by atoms with van der Waals surface area (Å²) in [5, 5.41) is 3.30.